The zero-order valence-electron chi connectivity index (χ0n) is 10.0. The SMILES string of the molecule is c1ccc2c(c1)COCC2NCC1CCCO1. The van der Waals surface area contributed by atoms with Crippen LogP contribution in [-0.2, 0) is 16.1 Å². The van der Waals surface area contributed by atoms with Gasteiger partial charge in [0.2, 0.25) is 0 Å². The Labute approximate surface area is 102 Å². The number of hydrogen-bond donors (Lipinski definition) is 1. The molecule has 0 bridgehead atoms. The summed E-state index contributed by atoms with van der Waals surface area (Å²) in [5.41, 5.74) is 2.69. The molecular weight excluding hydrogens is 214 g/mol. The Balaban J connectivity index is 1.64. The summed E-state index contributed by atoms with van der Waals surface area (Å²) in [6.07, 6.45) is 2.77. The molecule has 3 nitrogen and oxygen atoms in total. The number of benzene rings is 1. The van der Waals surface area contributed by atoms with Crippen LogP contribution in [0.15, 0.2) is 24.3 Å². The molecule has 1 fully saturated rings. The van der Waals surface area contributed by atoms with Gasteiger partial charge >= 0.3 is 0 Å². The van der Waals surface area contributed by atoms with E-state index < -0.39 is 0 Å². The van der Waals surface area contributed by atoms with Crippen LogP contribution in [-0.4, -0.2) is 25.9 Å². The molecule has 2 aliphatic rings. The molecule has 0 amide bonds. The molecule has 2 heterocycles. The third-order valence-corrected chi connectivity index (χ3v) is 3.59. The summed E-state index contributed by atoms with van der Waals surface area (Å²) in [5, 5.41) is 3.57. The lowest BCUT2D eigenvalue weighted by atomic mass is 9.99. The molecular formula is C14H19NO2. The van der Waals surface area contributed by atoms with Gasteiger partial charge in [0.05, 0.1) is 25.4 Å². The third-order valence-electron chi connectivity index (χ3n) is 3.59. The fourth-order valence-corrected chi connectivity index (χ4v) is 2.63. The monoisotopic (exact) mass is 233 g/mol. The van der Waals surface area contributed by atoms with Crippen molar-refractivity contribution >= 4 is 0 Å². The van der Waals surface area contributed by atoms with E-state index in [4.69, 9.17) is 9.47 Å². The predicted molar refractivity (Wildman–Crippen MR) is 65.8 cm³/mol. The maximum absolute atomic E-state index is 5.63. The highest BCUT2D eigenvalue weighted by Gasteiger charge is 2.22. The molecule has 3 heteroatoms. The summed E-state index contributed by atoms with van der Waals surface area (Å²) in [7, 11) is 0. The highest BCUT2D eigenvalue weighted by atomic mass is 16.5. The van der Waals surface area contributed by atoms with Crippen LogP contribution in [0.25, 0.3) is 0 Å². The molecule has 0 aliphatic carbocycles. The van der Waals surface area contributed by atoms with Gasteiger partial charge in [-0.2, -0.15) is 0 Å². The summed E-state index contributed by atoms with van der Waals surface area (Å²) in [5.74, 6) is 0. The number of fused-ring (bicyclic) bond motifs is 1. The molecule has 2 unspecified atom stereocenters. The quantitative estimate of drug-likeness (QED) is 0.866. The molecule has 0 radical (unpaired) electrons. The van der Waals surface area contributed by atoms with Gasteiger partial charge < -0.3 is 14.8 Å². The molecule has 0 spiro atoms. The van der Waals surface area contributed by atoms with Crippen molar-refractivity contribution in [1.29, 1.82) is 0 Å². The van der Waals surface area contributed by atoms with Gasteiger partial charge in [-0.3, -0.25) is 0 Å². The van der Waals surface area contributed by atoms with Crippen LogP contribution < -0.4 is 5.32 Å². The third kappa shape index (κ3) is 2.51. The fourth-order valence-electron chi connectivity index (χ4n) is 2.63. The van der Waals surface area contributed by atoms with E-state index in [1.165, 1.54) is 24.0 Å². The largest absolute Gasteiger partial charge is 0.377 e. The number of rotatable bonds is 3. The summed E-state index contributed by atoms with van der Waals surface area (Å²) >= 11 is 0. The van der Waals surface area contributed by atoms with Crippen molar-refractivity contribution in [3.05, 3.63) is 35.4 Å². The minimum atomic E-state index is 0.323. The van der Waals surface area contributed by atoms with Crippen LogP contribution in [0.2, 0.25) is 0 Å². The van der Waals surface area contributed by atoms with Gasteiger partial charge in [-0.1, -0.05) is 24.3 Å². The summed E-state index contributed by atoms with van der Waals surface area (Å²) in [4.78, 5) is 0. The molecule has 1 N–H and O–H groups in total. The van der Waals surface area contributed by atoms with E-state index in [9.17, 15) is 0 Å². The highest BCUT2D eigenvalue weighted by molar-refractivity contribution is 5.31. The first-order chi connectivity index (χ1) is 8.43. The van der Waals surface area contributed by atoms with E-state index in [0.717, 1.165) is 26.4 Å². The van der Waals surface area contributed by atoms with Crippen LogP contribution in [0.3, 0.4) is 0 Å². The number of ether oxygens (including phenoxy) is 2. The topological polar surface area (TPSA) is 30.5 Å². The van der Waals surface area contributed by atoms with Crippen LogP contribution in [0.1, 0.15) is 30.0 Å². The Morgan fingerprint density at radius 2 is 2.24 bits per heavy atom. The maximum atomic E-state index is 5.63. The van der Waals surface area contributed by atoms with Crippen molar-refractivity contribution in [3.8, 4) is 0 Å². The minimum Gasteiger partial charge on any atom is -0.377 e. The smallest absolute Gasteiger partial charge is 0.0721 e. The summed E-state index contributed by atoms with van der Waals surface area (Å²) in [6, 6.07) is 8.85. The fraction of sp³-hybridized carbons (Fsp3) is 0.571. The lowest BCUT2D eigenvalue weighted by Gasteiger charge is -2.27. The van der Waals surface area contributed by atoms with Gasteiger partial charge in [-0.25, -0.2) is 0 Å². The Kier molecular flexibility index (Phi) is 3.41. The zero-order chi connectivity index (χ0) is 11.5. The standard InChI is InChI=1S/C14H19NO2/c1-2-6-13-11(4-1)9-16-10-14(13)15-8-12-5-3-7-17-12/h1-2,4,6,12,14-15H,3,5,7-10H2. The molecule has 2 aliphatic heterocycles. The van der Waals surface area contributed by atoms with Crippen molar-refractivity contribution < 1.29 is 9.47 Å². The molecule has 3 rings (SSSR count). The average Bonchev–Trinajstić information content (AvgIpc) is 2.89. The second-order valence-electron chi connectivity index (χ2n) is 4.81. The number of nitrogens with one attached hydrogen (secondary N) is 1. The van der Waals surface area contributed by atoms with Crippen molar-refractivity contribution in [2.75, 3.05) is 19.8 Å². The van der Waals surface area contributed by atoms with Crippen LogP contribution >= 0.6 is 0 Å². The van der Waals surface area contributed by atoms with Gasteiger partial charge in [-0.05, 0) is 24.0 Å². The molecule has 0 saturated carbocycles. The van der Waals surface area contributed by atoms with Crippen LogP contribution in [0.4, 0.5) is 0 Å². The van der Waals surface area contributed by atoms with Gasteiger partial charge in [-0.15, -0.1) is 0 Å². The van der Waals surface area contributed by atoms with Crippen molar-refractivity contribution in [2.45, 2.75) is 31.6 Å². The highest BCUT2D eigenvalue weighted by Crippen LogP contribution is 2.24. The van der Waals surface area contributed by atoms with Gasteiger partial charge in [0.25, 0.3) is 0 Å². The van der Waals surface area contributed by atoms with E-state index in [2.05, 4.69) is 29.6 Å². The Bertz CT molecular complexity index is 374. The van der Waals surface area contributed by atoms with E-state index in [1.807, 2.05) is 0 Å². The summed E-state index contributed by atoms with van der Waals surface area (Å²) in [6.45, 7) is 3.37. The van der Waals surface area contributed by atoms with E-state index >= 15 is 0 Å². The Morgan fingerprint density at radius 1 is 1.29 bits per heavy atom. The first-order valence-electron chi connectivity index (χ1n) is 6.44. The molecule has 1 aromatic carbocycles. The molecule has 2 atom stereocenters. The normalized spacial score (nSPS) is 28.0. The van der Waals surface area contributed by atoms with Gasteiger partial charge in [0.15, 0.2) is 0 Å². The van der Waals surface area contributed by atoms with Crippen molar-refractivity contribution in [2.24, 2.45) is 0 Å². The van der Waals surface area contributed by atoms with Gasteiger partial charge in [0, 0.05) is 13.2 Å². The number of hydrogen-bond acceptors (Lipinski definition) is 3. The van der Waals surface area contributed by atoms with Crippen LogP contribution in [0, 0.1) is 0 Å². The molecule has 1 saturated heterocycles. The maximum Gasteiger partial charge on any atom is 0.0721 e. The second-order valence-corrected chi connectivity index (χ2v) is 4.81. The average molecular weight is 233 g/mol. The Hall–Kier alpha value is -0.900. The first kappa shape index (κ1) is 11.2. The lowest BCUT2D eigenvalue weighted by molar-refractivity contribution is 0.0688. The van der Waals surface area contributed by atoms with E-state index in [1.54, 1.807) is 0 Å². The van der Waals surface area contributed by atoms with Crippen molar-refractivity contribution in [3.63, 3.8) is 0 Å². The second kappa shape index (κ2) is 5.17. The lowest BCUT2D eigenvalue weighted by Crippen LogP contribution is -2.34. The predicted octanol–water partition coefficient (Wildman–Crippen LogP) is 2.03. The molecule has 92 valence electrons. The molecule has 1 aromatic rings. The van der Waals surface area contributed by atoms with E-state index in [0.29, 0.717) is 12.1 Å². The summed E-state index contributed by atoms with van der Waals surface area (Å²) < 4.78 is 11.2. The van der Waals surface area contributed by atoms with Crippen LogP contribution in [0.5, 0.6) is 0 Å². The zero-order valence-corrected chi connectivity index (χ0v) is 10.0. The molecule has 17 heavy (non-hydrogen) atoms. The Morgan fingerprint density at radius 3 is 3.12 bits per heavy atom. The minimum absolute atomic E-state index is 0.323. The van der Waals surface area contributed by atoms with Gasteiger partial charge in [0.1, 0.15) is 0 Å². The first-order valence-corrected chi connectivity index (χ1v) is 6.44. The molecule has 0 aromatic heterocycles. The van der Waals surface area contributed by atoms with Crippen molar-refractivity contribution in [1.82, 2.24) is 5.32 Å². The van der Waals surface area contributed by atoms with E-state index in [-0.39, 0.29) is 0 Å².